The predicted molar refractivity (Wildman–Crippen MR) is 98.8 cm³/mol. The molecule has 2 heterocycles. The Morgan fingerprint density at radius 3 is 2.70 bits per heavy atom. The molecule has 142 valence electrons. The third kappa shape index (κ3) is 3.75. The highest BCUT2D eigenvalue weighted by molar-refractivity contribution is 7.08. The number of amides is 3. The third-order valence-electron chi connectivity index (χ3n) is 4.12. The molecule has 1 atom stereocenters. The SMILES string of the molecule is Cc1ccc2c(c1)NC(=O)C(C)(C(=O)NCCNC(=O)c1snnc1C)O2. The summed E-state index contributed by atoms with van der Waals surface area (Å²) in [6.45, 7) is 5.33. The normalized spacial score (nSPS) is 18.1. The van der Waals surface area contributed by atoms with Crippen molar-refractivity contribution in [3.8, 4) is 5.75 Å². The minimum absolute atomic E-state index is 0.142. The van der Waals surface area contributed by atoms with E-state index in [1.165, 1.54) is 6.92 Å². The molecule has 2 aromatic rings. The number of aromatic nitrogens is 2. The molecule has 1 aliphatic rings. The Morgan fingerprint density at radius 1 is 1.26 bits per heavy atom. The van der Waals surface area contributed by atoms with Crippen molar-refractivity contribution in [1.82, 2.24) is 20.2 Å². The summed E-state index contributed by atoms with van der Waals surface area (Å²) in [7, 11) is 0. The Labute approximate surface area is 159 Å². The number of nitrogens with zero attached hydrogens (tertiary/aromatic N) is 2. The molecule has 10 heteroatoms. The Hall–Kier alpha value is -3.01. The number of rotatable bonds is 5. The van der Waals surface area contributed by atoms with Crippen molar-refractivity contribution >= 4 is 34.9 Å². The topological polar surface area (TPSA) is 122 Å². The molecule has 1 aromatic heterocycles. The van der Waals surface area contributed by atoms with E-state index in [2.05, 4.69) is 25.5 Å². The summed E-state index contributed by atoms with van der Waals surface area (Å²) < 4.78 is 9.38. The Morgan fingerprint density at radius 2 is 2.00 bits per heavy atom. The number of anilines is 1. The standard InChI is InChI=1S/C17H19N5O4S/c1-9-4-5-12-11(8-9)20-16(25)17(3,26-12)15(24)19-7-6-18-14(23)13-10(2)21-22-27-13/h4-5,8H,6-7H2,1-3H3,(H,18,23)(H,19,24)(H,20,25). The lowest BCUT2D eigenvalue weighted by Gasteiger charge is -2.33. The number of carbonyl (C=O) groups excluding carboxylic acids is 3. The van der Waals surface area contributed by atoms with E-state index in [-0.39, 0.29) is 19.0 Å². The summed E-state index contributed by atoms with van der Waals surface area (Å²) in [5.74, 6) is -1.01. The quantitative estimate of drug-likeness (QED) is 0.513. The van der Waals surface area contributed by atoms with Crippen LogP contribution in [0.3, 0.4) is 0 Å². The zero-order valence-corrected chi connectivity index (χ0v) is 15.9. The van der Waals surface area contributed by atoms with Crippen LogP contribution in [0, 0.1) is 13.8 Å². The van der Waals surface area contributed by atoms with Gasteiger partial charge in [-0.15, -0.1) is 5.10 Å². The molecule has 3 N–H and O–H groups in total. The highest BCUT2D eigenvalue weighted by atomic mass is 32.1. The summed E-state index contributed by atoms with van der Waals surface area (Å²) >= 11 is 1.01. The molecule has 1 aromatic carbocycles. The Bertz CT molecular complexity index is 912. The van der Waals surface area contributed by atoms with Crippen LogP contribution < -0.4 is 20.7 Å². The number of ether oxygens (including phenoxy) is 1. The number of carbonyl (C=O) groups is 3. The first-order valence-electron chi connectivity index (χ1n) is 8.28. The minimum Gasteiger partial charge on any atom is -0.466 e. The second-order valence-corrected chi connectivity index (χ2v) is 7.04. The fourth-order valence-electron chi connectivity index (χ4n) is 2.53. The van der Waals surface area contributed by atoms with Gasteiger partial charge in [0.1, 0.15) is 10.6 Å². The van der Waals surface area contributed by atoms with Crippen LogP contribution in [0.25, 0.3) is 0 Å². The van der Waals surface area contributed by atoms with E-state index in [1.54, 1.807) is 19.1 Å². The number of benzene rings is 1. The predicted octanol–water partition coefficient (Wildman–Crippen LogP) is 0.791. The monoisotopic (exact) mass is 389 g/mol. The Balaban J connectivity index is 1.56. The molecule has 0 saturated heterocycles. The summed E-state index contributed by atoms with van der Waals surface area (Å²) in [4.78, 5) is 37.3. The number of hydrogen-bond acceptors (Lipinski definition) is 7. The van der Waals surface area contributed by atoms with E-state index in [0.717, 1.165) is 17.1 Å². The highest BCUT2D eigenvalue weighted by Gasteiger charge is 2.47. The molecular formula is C17H19N5O4S. The first-order chi connectivity index (χ1) is 12.8. The maximum Gasteiger partial charge on any atom is 0.278 e. The first-order valence-corrected chi connectivity index (χ1v) is 9.05. The second-order valence-electron chi connectivity index (χ2n) is 6.29. The van der Waals surface area contributed by atoms with Crippen LogP contribution in [0.4, 0.5) is 5.69 Å². The van der Waals surface area contributed by atoms with Gasteiger partial charge in [-0.05, 0) is 50.0 Å². The van der Waals surface area contributed by atoms with Crippen LogP contribution in [0.15, 0.2) is 18.2 Å². The molecule has 0 radical (unpaired) electrons. The van der Waals surface area contributed by atoms with Gasteiger partial charge in [0.25, 0.3) is 23.3 Å². The van der Waals surface area contributed by atoms with Crippen LogP contribution in [-0.2, 0) is 9.59 Å². The summed E-state index contributed by atoms with van der Waals surface area (Å²) in [6.07, 6.45) is 0. The fraction of sp³-hybridized carbons (Fsp3) is 0.353. The van der Waals surface area contributed by atoms with Crippen molar-refractivity contribution in [3.63, 3.8) is 0 Å². The van der Waals surface area contributed by atoms with Gasteiger partial charge < -0.3 is 20.7 Å². The van der Waals surface area contributed by atoms with E-state index in [1.807, 2.05) is 13.0 Å². The van der Waals surface area contributed by atoms with Crippen LogP contribution in [0.5, 0.6) is 5.75 Å². The van der Waals surface area contributed by atoms with Crippen molar-refractivity contribution in [2.75, 3.05) is 18.4 Å². The van der Waals surface area contributed by atoms with Gasteiger partial charge >= 0.3 is 0 Å². The van der Waals surface area contributed by atoms with Crippen LogP contribution >= 0.6 is 11.5 Å². The zero-order chi connectivity index (χ0) is 19.6. The van der Waals surface area contributed by atoms with Crippen molar-refractivity contribution < 1.29 is 19.1 Å². The zero-order valence-electron chi connectivity index (χ0n) is 15.1. The molecule has 3 rings (SSSR count). The van der Waals surface area contributed by atoms with E-state index in [4.69, 9.17) is 4.74 Å². The lowest BCUT2D eigenvalue weighted by Crippen LogP contribution is -2.59. The first kappa shape index (κ1) is 18.8. The molecule has 27 heavy (non-hydrogen) atoms. The third-order valence-corrected chi connectivity index (χ3v) is 4.94. The largest absolute Gasteiger partial charge is 0.466 e. The van der Waals surface area contributed by atoms with Gasteiger partial charge in [-0.2, -0.15) is 0 Å². The summed E-state index contributed by atoms with van der Waals surface area (Å²) in [5, 5.41) is 11.8. The van der Waals surface area contributed by atoms with Crippen LogP contribution in [-0.4, -0.2) is 46.0 Å². The van der Waals surface area contributed by atoms with Crippen molar-refractivity contribution in [2.45, 2.75) is 26.4 Å². The Kier molecular flexibility index (Phi) is 5.08. The molecule has 0 aliphatic carbocycles. The number of nitrogens with one attached hydrogen (secondary N) is 3. The van der Waals surface area contributed by atoms with Gasteiger partial charge in [0.05, 0.1) is 11.4 Å². The van der Waals surface area contributed by atoms with Crippen molar-refractivity contribution in [1.29, 1.82) is 0 Å². The number of hydrogen-bond donors (Lipinski definition) is 3. The number of fused-ring (bicyclic) bond motifs is 1. The molecule has 0 bridgehead atoms. The minimum atomic E-state index is -1.69. The van der Waals surface area contributed by atoms with Crippen molar-refractivity contribution in [3.05, 3.63) is 34.3 Å². The van der Waals surface area contributed by atoms with E-state index < -0.39 is 17.4 Å². The fourth-order valence-corrected chi connectivity index (χ4v) is 3.10. The molecule has 1 aliphatic heterocycles. The van der Waals surface area contributed by atoms with E-state index in [9.17, 15) is 14.4 Å². The molecule has 0 spiro atoms. The molecule has 0 fully saturated rings. The van der Waals surface area contributed by atoms with Gasteiger partial charge in [-0.3, -0.25) is 14.4 Å². The lowest BCUT2D eigenvalue weighted by atomic mass is 10.0. The van der Waals surface area contributed by atoms with Gasteiger partial charge in [-0.1, -0.05) is 10.6 Å². The van der Waals surface area contributed by atoms with Gasteiger partial charge in [-0.25, -0.2) is 0 Å². The molecule has 9 nitrogen and oxygen atoms in total. The molecular weight excluding hydrogens is 370 g/mol. The summed E-state index contributed by atoms with van der Waals surface area (Å²) in [6, 6.07) is 5.32. The maximum absolute atomic E-state index is 12.5. The van der Waals surface area contributed by atoms with E-state index >= 15 is 0 Å². The van der Waals surface area contributed by atoms with Crippen molar-refractivity contribution in [2.24, 2.45) is 0 Å². The highest BCUT2D eigenvalue weighted by Crippen LogP contribution is 2.34. The smallest absolute Gasteiger partial charge is 0.278 e. The van der Waals surface area contributed by atoms with Crippen LogP contribution in [0.1, 0.15) is 27.9 Å². The van der Waals surface area contributed by atoms with Gasteiger partial charge in [0.2, 0.25) is 0 Å². The summed E-state index contributed by atoms with van der Waals surface area (Å²) in [5.41, 5.74) is 0.360. The van der Waals surface area contributed by atoms with Gasteiger partial charge in [0, 0.05) is 13.1 Å². The molecule has 0 saturated carbocycles. The lowest BCUT2D eigenvalue weighted by molar-refractivity contribution is -0.146. The molecule has 1 unspecified atom stereocenters. The van der Waals surface area contributed by atoms with Gasteiger partial charge in [0.15, 0.2) is 0 Å². The molecule has 3 amide bonds. The average Bonchev–Trinajstić information content (AvgIpc) is 3.05. The maximum atomic E-state index is 12.5. The van der Waals surface area contributed by atoms with Crippen LogP contribution in [0.2, 0.25) is 0 Å². The number of aryl methyl sites for hydroxylation is 2. The average molecular weight is 389 g/mol. The van der Waals surface area contributed by atoms with E-state index in [0.29, 0.717) is 22.0 Å². The second kappa shape index (κ2) is 7.31.